The van der Waals surface area contributed by atoms with Crippen LogP contribution in [0.4, 0.5) is 15.8 Å². The summed E-state index contributed by atoms with van der Waals surface area (Å²) in [5.74, 6) is -0.894. The summed E-state index contributed by atoms with van der Waals surface area (Å²) < 4.78 is 40.0. The molecular weight excluding hydrogens is 475 g/mol. The number of amides is 1. The summed E-state index contributed by atoms with van der Waals surface area (Å²) in [7, 11) is -3.84. The van der Waals surface area contributed by atoms with E-state index in [4.69, 9.17) is 11.6 Å². The first kappa shape index (κ1) is 24.9. The third-order valence-corrected chi connectivity index (χ3v) is 7.91. The lowest BCUT2D eigenvalue weighted by atomic mass is 10.1. The van der Waals surface area contributed by atoms with Crippen LogP contribution in [0.2, 0.25) is 5.02 Å². The van der Waals surface area contributed by atoms with Gasteiger partial charge in [0, 0.05) is 45.3 Å². The lowest BCUT2D eigenvalue weighted by Crippen LogP contribution is -2.49. The summed E-state index contributed by atoms with van der Waals surface area (Å²) in [6, 6.07) is 7.44. The number of carbonyl (C=O) groups is 1. The average Bonchev–Trinajstić information content (AvgIpc) is 2.79. The summed E-state index contributed by atoms with van der Waals surface area (Å²) in [6.45, 7) is 5.03. The van der Waals surface area contributed by atoms with E-state index in [-0.39, 0.29) is 58.9 Å². The Hall–Kier alpha value is -2.76. The van der Waals surface area contributed by atoms with Gasteiger partial charge in [-0.1, -0.05) is 25.4 Å². The number of halogens is 2. The zero-order valence-corrected chi connectivity index (χ0v) is 19.8. The Kier molecular flexibility index (Phi) is 7.55. The van der Waals surface area contributed by atoms with E-state index in [1.165, 1.54) is 22.5 Å². The van der Waals surface area contributed by atoms with Gasteiger partial charge in [0.25, 0.3) is 11.6 Å². The summed E-state index contributed by atoms with van der Waals surface area (Å²) in [5, 5.41) is 11.8. The quantitative estimate of drug-likeness (QED) is 0.428. The maximum atomic E-state index is 13.3. The van der Waals surface area contributed by atoms with Crippen LogP contribution in [0, 0.1) is 15.9 Å². The molecule has 1 aliphatic rings. The van der Waals surface area contributed by atoms with Gasteiger partial charge in [-0.3, -0.25) is 14.9 Å². The highest BCUT2D eigenvalue weighted by molar-refractivity contribution is 7.89. The summed E-state index contributed by atoms with van der Waals surface area (Å²) in [6.07, 6.45) is 0. The molecule has 0 N–H and O–H groups in total. The van der Waals surface area contributed by atoms with Crippen molar-refractivity contribution >= 4 is 38.9 Å². The Labute approximate surface area is 196 Å². The molecule has 2 aromatic rings. The largest absolute Gasteiger partial charge is 0.362 e. The van der Waals surface area contributed by atoms with E-state index in [0.29, 0.717) is 13.1 Å². The maximum Gasteiger partial charge on any atom is 0.293 e. The standard InChI is InChI=1S/C21H24ClFN4O5S/c1-3-26(4-2)33(31,32)16-6-8-19(20(14-16)27(29)30)24-9-11-25(12-10-24)21(28)17-7-5-15(23)13-18(17)22/h5-8,13-14H,3-4,9-12H2,1-2H3. The highest BCUT2D eigenvalue weighted by atomic mass is 35.5. The SMILES string of the molecule is CCN(CC)S(=O)(=O)c1ccc(N2CCN(C(=O)c3ccc(F)cc3Cl)CC2)c([N+](=O)[O-])c1. The van der Waals surface area contributed by atoms with Crippen molar-refractivity contribution in [3.8, 4) is 0 Å². The average molecular weight is 499 g/mol. The Morgan fingerprint density at radius 2 is 1.76 bits per heavy atom. The number of piperazine rings is 1. The Morgan fingerprint density at radius 3 is 2.30 bits per heavy atom. The zero-order chi connectivity index (χ0) is 24.3. The van der Waals surface area contributed by atoms with Gasteiger partial charge in [0.2, 0.25) is 10.0 Å². The van der Waals surface area contributed by atoms with Gasteiger partial charge in [0.1, 0.15) is 11.5 Å². The molecular formula is C21H24ClFN4O5S. The van der Waals surface area contributed by atoms with Crippen LogP contribution in [0.5, 0.6) is 0 Å². The molecule has 9 nitrogen and oxygen atoms in total. The molecule has 0 aromatic heterocycles. The molecule has 0 spiro atoms. The van der Waals surface area contributed by atoms with E-state index in [9.17, 15) is 27.7 Å². The second-order valence-corrected chi connectivity index (χ2v) is 9.75. The van der Waals surface area contributed by atoms with Crippen molar-refractivity contribution in [2.75, 3.05) is 44.2 Å². The minimum atomic E-state index is -3.84. The van der Waals surface area contributed by atoms with E-state index in [2.05, 4.69) is 0 Å². The second kappa shape index (κ2) is 10.0. The first-order valence-electron chi connectivity index (χ1n) is 10.4. The minimum Gasteiger partial charge on any atom is -0.362 e. The fraction of sp³-hybridized carbons (Fsp3) is 0.381. The number of benzene rings is 2. The maximum absolute atomic E-state index is 13.3. The normalized spacial score (nSPS) is 14.6. The molecule has 0 unspecified atom stereocenters. The predicted molar refractivity (Wildman–Crippen MR) is 123 cm³/mol. The number of nitro benzene ring substituents is 1. The highest BCUT2D eigenvalue weighted by Gasteiger charge is 2.30. The van der Waals surface area contributed by atoms with Gasteiger partial charge >= 0.3 is 0 Å². The lowest BCUT2D eigenvalue weighted by molar-refractivity contribution is -0.384. The first-order valence-corrected chi connectivity index (χ1v) is 12.2. The molecule has 3 rings (SSSR count). The minimum absolute atomic E-state index is 0.0167. The number of anilines is 1. The first-order chi connectivity index (χ1) is 15.6. The molecule has 0 saturated carbocycles. The van der Waals surface area contributed by atoms with E-state index in [1.807, 2.05) is 0 Å². The van der Waals surface area contributed by atoms with Gasteiger partial charge in [0.15, 0.2) is 0 Å². The molecule has 0 atom stereocenters. The lowest BCUT2D eigenvalue weighted by Gasteiger charge is -2.36. The van der Waals surface area contributed by atoms with Crippen molar-refractivity contribution in [3.63, 3.8) is 0 Å². The molecule has 0 radical (unpaired) electrons. The molecule has 12 heteroatoms. The summed E-state index contributed by atoms with van der Waals surface area (Å²) in [5.41, 5.74) is 0.151. The van der Waals surface area contributed by atoms with Crippen molar-refractivity contribution < 1.29 is 22.5 Å². The van der Waals surface area contributed by atoms with Crippen molar-refractivity contribution in [1.82, 2.24) is 9.21 Å². The molecule has 1 amide bonds. The van der Waals surface area contributed by atoms with Crippen molar-refractivity contribution in [1.29, 1.82) is 0 Å². The number of hydrogen-bond acceptors (Lipinski definition) is 6. The Balaban J connectivity index is 1.81. The summed E-state index contributed by atoms with van der Waals surface area (Å²) in [4.78, 5) is 27.0. The number of hydrogen-bond donors (Lipinski definition) is 0. The number of rotatable bonds is 7. The van der Waals surface area contributed by atoms with E-state index >= 15 is 0 Å². The molecule has 1 heterocycles. The van der Waals surface area contributed by atoms with Crippen LogP contribution in [0.25, 0.3) is 0 Å². The third-order valence-electron chi connectivity index (χ3n) is 5.56. The van der Waals surface area contributed by atoms with E-state index in [1.54, 1.807) is 23.6 Å². The van der Waals surface area contributed by atoms with Crippen LogP contribution >= 0.6 is 11.6 Å². The zero-order valence-electron chi connectivity index (χ0n) is 18.2. The van der Waals surface area contributed by atoms with Gasteiger partial charge in [-0.25, -0.2) is 12.8 Å². The number of nitrogens with zero attached hydrogens (tertiary/aromatic N) is 4. The van der Waals surface area contributed by atoms with Gasteiger partial charge in [-0.2, -0.15) is 4.31 Å². The summed E-state index contributed by atoms with van der Waals surface area (Å²) >= 11 is 5.99. The van der Waals surface area contributed by atoms with Crippen molar-refractivity contribution in [2.45, 2.75) is 18.7 Å². The number of carbonyl (C=O) groups excluding carboxylic acids is 1. The second-order valence-electron chi connectivity index (χ2n) is 7.40. The third kappa shape index (κ3) is 5.10. The highest BCUT2D eigenvalue weighted by Crippen LogP contribution is 2.33. The number of nitro groups is 1. The van der Waals surface area contributed by atoms with E-state index in [0.717, 1.165) is 18.2 Å². The van der Waals surface area contributed by atoms with Crippen LogP contribution in [0.15, 0.2) is 41.3 Å². The molecule has 1 aliphatic heterocycles. The van der Waals surface area contributed by atoms with E-state index < -0.39 is 20.8 Å². The van der Waals surface area contributed by atoms with Crippen LogP contribution in [-0.2, 0) is 10.0 Å². The van der Waals surface area contributed by atoms with Crippen LogP contribution in [0.3, 0.4) is 0 Å². The fourth-order valence-corrected chi connectivity index (χ4v) is 5.50. The van der Waals surface area contributed by atoms with Crippen molar-refractivity contribution in [2.24, 2.45) is 0 Å². The smallest absolute Gasteiger partial charge is 0.293 e. The predicted octanol–water partition coefficient (Wildman–Crippen LogP) is 3.38. The molecule has 0 aliphatic carbocycles. The number of sulfonamides is 1. The molecule has 1 saturated heterocycles. The Morgan fingerprint density at radius 1 is 1.12 bits per heavy atom. The van der Waals surface area contributed by atoms with Crippen LogP contribution in [-0.4, -0.2) is 67.7 Å². The van der Waals surface area contributed by atoms with Gasteiger partial charge < -0.3 is 9.80 Å². The van der Waals surface area contributed by atoms with Crippen LogP contribution < -0.4 is 4.90 Å². The molecule has 178 valence electrons. The van der Waals surface area contributed by atoms with Crippen LogP contribution in [0.1, 0.15) is 24.2 Å². The molecule has 0 bridgehead atoms. The molecule has 33 heavy (non-hydrogen) atoms. The Bertz CT molecular complexity index is 1170. The molecule has 2 aromatic carbocycles. The van der Waals surface area contributed by atoms with Gasteiger partial charge in [0.05, 0.1) is 20.4 Å². The van der Waals surface area contributed by atoms with Crippen molar-refractivity contribution in [3.05, 3.63) is 62.9 Å². The van der Waals surface area contributed by atoms with Gasteiger partial charge in [-0.05, 0) is 30.3 Å². The monoisotopic (exact) mass is 498 g/mol. The van der Waals surface area contributed by atoms with Gasteiger partial charge in [-0.15, -0.1) is 0 Å². The molecule has 1 fully saturated rings. The fourth-order valence-electron chi connectivity index (χ4n) is 3.77. The topological polar surface area (TPSA) is 104 Å².